The Morgan fingerprint density at radius 1 is 1.03 bits per heavy atom. The molecule has 0 aromatic heterocycles. The molecule has 0 amide bonds. The molecule has 37 heavy (non-hydrogen) atoms. The molecule has 4 atom stereocenters. The lowest BCUT2D eigenvalue weighted by Crippen LogP contribution is -2.52. The van der Waals surface area contributed by atoms with E-state index in [1.807, 2.05) is 62.4 Å². The van der Waals surface area contributed by atoms with Gasteiger partial charge in [0, 0.05) is 11.5 Å². The summed E-state index contributed by atoms with van der Waals surface area (Å²) >= 11 is 0. The van der Waals surface area contributed by atoms with E-state index in [0.29, 0.717) is 42.9 Å². The number of ether oxygens (including phenoxy) is 3. The molecule has 5 rings (SSSR count). The molecule has 2 aliphatic rings. The highest BCUT2D eigenvalue weighted by atomic mass is 19.2. The first-order chi connectivity index (χ1) is 17.7. The van der Waals surface area contributed by atoms with Gasteiger partial charge in [-0.15, -0.1) is 0 Å². The van der Waals surface area contributed by atoms with Gasteiger partial charge in [0.2, 0.25) is 0 Å². The van der Waals surface area contributed by atoms with Crippen molar-refractivity contribution in [1.29, 1.82) is 0 Å². The Labute approximate surface area is 215 Å². The van der Waals surface area contributed by atoms with Gasteiger partial charge in [-0.2, -0.15) is 0 Å². The number of carboxylic acid groups (broad SMARTS) is 1. The molecule has 3 aromatic carbocycles. The van der Waals surface area contributed by atoms with Crippen LogP contribution in [0, 0.1) is 23.5 Å². The van der Waals surface area contributed by atoms with E-state index in [4.69, 9.17) is 14.2 Å². The van der Waals surface area contributed by atoms with Crippen LogP contribution in [-0.2, 0) is 22.6 Å². The van der Waals surface area contributed by atoms with Crippen molar-refractivity contribution in [3.8, 4) is 11.5 Å². The number of hydrogen-bond donors (Lipinski definition) is 1. The molecular formula is C30H30F2O5. The van der Waals surface area contributed by atoms with Crippen LogP contribution in [0.2, 0.25) is 0 Å². The average Bonchev–Trinajstić information content (AvgIpc) is 2.88. The van der Waals surface area contributed by atoms with E-state index >= 15 is 0 Å². The summed E-state index contributed by atoms with van der Waals surface area (Å²) in [5.74, 6) is -2.33. The third-order valence-electron chi connectivity index (χ3n) is 7.46. The third kappa shape index (κ3) is 5.32. The van der Waals surface area contributed by atoms with Crippen LogP contribution < -0.4 is 9.47 Å². The highest BCUT2D eigenvalue weighted by Gasteiger charge is 2.52. The molecule has 0 bridgehead atoms. The van der Waals surface area contributed by atoms with Gasteiger partial charge in [-0.3, -0.25) is 4.79 Å². The summed E-state index contributed by atoms with van der Waals surface area (Å²) < 4.78 is 45.9. The number of carbonyl (C=O) groups is 1. The van der Waals surface area contributed by atoms with Gasteiger partial charge in [0.1, 0.15) is 23.7 Å². The number of fused-ring (bicyclic) bond motifs is 3. The lowest BCUT2D eigenvalue weighted by molar-refractivity contribution is -0.188. The Kier molecular flexibility index (Phi) is 6.90. The minimum Gasteiger partial charge on any atom is -0.489 e. The molecular weight excluding hydrogens is 478 g/mol. The summed E-state index contributed by atoms with van der Waals surface area (Å²) in [7, 11) is 0. The maximum atomic E-state index is 13.7. The zero-order valence-electron chi connectivity index (χ0n) is 20.8. The van der Waals surface area contributed by atoms with Crippen molar-refractivity contribution >= 4 is 5.97 Å². The van der Waals surface area contributed by atoms with E-state index in [9.17, 15) is 18.7 Å². The first kappa shape index (κ1) is 25.2. The van der Waals surface area contributed by atoms with Crippen LogP contribution in [0.3, 0.4) is 0 Å². The summed E-state index contributed by atoms with van der Waals surface area (Å²) in [6, 6.07) is 19.3. The largest absolute Gasteiger partial charge is 0.489 e. The first-order valence-electron chi connectivity index (χ1n) is 12.5. The Balaban J connectivity index is 1.39. The molecule has 0 saturated carbocycles. The summed E-state index contributed by atoms with van der Waals surface area (Å²) in [5, 5.41) is 10.0. The zero-order chi connectivity index (χ0) is 26.2. The summed E-state index contributed by atoms with van der Waals surface area (Å²) in [6.45, 7) is 4.33. The maximum Gasteiger partial charge on any atom is 0.309 e. The molecule has 7 heteroatoms. The predicted molar refractivity (Wildman–Crippen MR) is 133 cm³/mol. The molecule has 1 saturated heterocycles. The van der Waals surface area contributed by atoms with Crippen molar-refractivity contribution in [2.45, 2.75) is 57.5 Å². The van der Waals surface area contributed by atoms with Crippen molar-refractivity contribution in [2.75, 3.05) is 0 Å². The lowest BCUT2D eigenvalue weighted by atomic mass is 9.71. The van der Waals surface area contributed by atoms with Crippen LogP contribution in [0.5, 0.6) is 11.5 Å². The molecule has 5 nitrogen and oxygen atoms in total. The SMILES string of the molecule is CC1(C)Oc2ccc(OCc3ccccc3)cc2[C@H]2O[C@@H](CCc3ccc(F)c(F)c3)[C@H](C(=O)O)C[C@@H]21. The number of hydrogen-bond acceptors (Lipinski definition) is 4. The van der Waals surface area contributed by atoms with Gasteiger partial charge in [-0.1, -0.05) is 36.4 Å². The van der Waals surface area contributed by atoms with Gasteiger partial charge in [-0.25, -0.2) is 8.78 Å². The van der Waals surface area contributed by atoms with Crippen LogP contribution in [0.4, 0.5) is 8.78 Å². The fourth-order valence-electron chi connectivity index (χ4n) is 5.43. The Morgan fingerprint density at radius 3 is 2.54 bits per heavy atom. The van der Waals surface area contributed by atoms with E-state index in [2.05, 4.69) is 0 Å². The van der Waals surface area contributed by atoms with Crippen LogP contribution in [0.1, 0.15) is 49.5 Å². The van der Waals surface area contributed by atoms with Gasteiger partial charge >= 0.3 is 5.97 Å². The fraction of sp³-hybridized carbons (Fsp3) is 0.367. The molecule has 2 heterocycles. The van der Waals surface area contributed by atoms with Crippen LogP contribution in [0.25, 0.3) is 0 Å². The smallest absolute Gasteiger partial charge is 0.309 e. The molecule has 0 radical (unpaired) electrons. The van der Waals surface area contributed by atoms with Crippen molar-refractivity contribution in [3.63, 3.8) is 0 Å². The minimum atomic E-state index is -0.935. The molecule has 0 aliphatic carbocycles. The fourth-order valence-corrected chi connectivity index (χ4v) is 5.43. The summed E-state index contributed by atoms with van der Waals surface area (Å²) in [4.78, 5) is 12.2. The summed E-state index contributed by atoms with van der Waals surface area (Å²) in [6.07, 6.45) is 0.138. The van der Waals surface area contributed by atoms with E-state index in [1.165, 1.54) is 6.07 Å². The first-order valence-corrected chi connectivity index (χ1v) is 12.5. The van der Waals surface area contributed by atoms with Crippen molar-refractivity contribution in [1.82, 2.24) is 0 Å². The van der Waals surface area contributed by atoms with Crippen molar-refractivity contribution < 1.29 is 32.9 Å². The van der Waals surface area contributed by atoms with E-state index < -0.39 is 35.2 Å². The molecule has 2 aliphatic heterocycles. The monoisotopic (exact) mass is 508 g/mol. The average molecular weight is 509 g/mol. The topological polar surface area (TPSA) is 65.0 Å². The van der Waals surface area contributed by atoms with E-state index in [1.54, 1.807) is 0 Å². The van der Waals surface area contributed by atoms with Gasteiger partial charge in [0.15, 0.2) is 11.6 Å². The lowest BCUT2D eigenvalue weighted by Gasteiger charge is -2.50. The number of halogens is 2. The Morgan fingerprint density at radius 2 is 1.81 bits per heavy atom. The maximum absolute atomic E-state index is 13.7. The van der Waals surface area contributed by atoms with E-state index in [0.717, 1.165) is 23.3 Å². The molecule has 1 N–H and O–H groups in total. The second-order valence-electron chi connectivity index (χ2n) is 10.3. The van der Waals surface area contributed by atoms with Crippen molar-refractivity contribution in [2.24, 2.45) is 11.8 Å². The van der Waals surface area contributed by atoms with E-state index in [-0.39, 0.29) is 12.0 Å². The zero-order valence-corrected chi connectivity index (χ0v) is 20.8. The molecule has 0 unspecified atom stereocenters. The second kappa shape index (κ2) is 10.1. The number of rotatable bonds is 7. The quantitative estimate of drug-likeness (QED) is 0.395. The minimum absolute atomic E-state index is 0.190. The molecule has 0 spiro atoms. The standard InChI is InChI=1S/C30H30F2O5/c1-30(2)23-16-22(29(33)34)26(12-9-18-8-11-24(31)25(32)14-18)36-28(23)21-15-20(10-13-27(21)37-30)35-17-19-6-4-3-5-7-19/h3-8,10-11,13-15,22-23,26,28H,9,12,16-17H2,1-2H3,(H,33,34)/t22-,23+,26+,28-/m1/s1. The van der Waals surface area contributed by atoms with Crippen LogP contribution >= 0.6 is 0 Å². The molecule has 1 fully saturated rings. The highest BCUT2D eigenvalue weighted by Crippen LogP contribution is 2.53. The number of aliphatic carboxylic acids is 1. The normalized spacial score (nSPS) is 23.9. The highest BCUT2D eigenvalue weighted by molar-refractivity contribution is 5.71. The third-order valence-corrected chi connectivity index (χ3v) is 7.46. The van der Waals surface area contributed by atoms with Crippen LogP contribution in [0.15, 0.2) is 66.7 Å². The Hall–Kier alpha value is -3.45. The number of carboxylic acids is 1. The van der Waals surface area contributed by atoms with Crippen LogP contribution in [-0.4, -0.2) is 22.8 Å². The second-order valence-corrected chi connectivity index (χ2v) is 10.3. The molecule has 194 valence electrons. The predicted octanol–water partition coefficient (Wildman–Crippen LogP) is 6.49. The van der Waals surface area contributed by atoms with Gasteiger partial charge in [0.25, 0.3) is 0 Å². The number of benzene rings is 3. The summed E-state index contributed by atoms with van der Waals surface area (Å²) in [5.41, 5.74) is 1.84. The van der Waals surface area contributed by atoms with Gasteiger partial charge in [0.05, 0.1) is 18.1 Å². The Bertz CT molecular complexity index is 1280. The van der Waals surface area contributed by atoms with Gasteiger partial charge in [-0.05, 0) is 74.6 Å². The van der Waals surface area contributed by atoms with Gasteiger partial charge < -0.3 is 19.3 Å². The molecule has 3 aromatic rings. The number of aryl methyl sites for hydroxylation is 1. The van der Waals surface area contributed by atoms with Crippen molar-refractivity contribution in [3.05, 3.63) is 95.1 Å².